The molecular formula is C14H16BrN3. The quantitative estimate of drug-likeness (QED) is 0.912. The fourth-order valence-corrected chi connectivity index (χ4v) is 2.32. The van der Waals surface area contributed by atoms with Crippen molar-refractivity contribution in [1.29, 1.82) is 0 Å². The van der Waals surface area contributed by atoms with Crippen molar-refractivity contribution in [2.24, 2.45) is 5.73 Å². The second-order valence-electron chi connectivity index (χ2n) is 4.22. The Labute approximate surface area is 116 Å². The third kappa shape index (κ3) is 3.31. The van der Waals surface area contributed by atoms with Crippen molar-refractivity contribution in [3.8, 4) is 0 Å². The zero-order valence-corrected chi connectivity index (χ0v) is 11.9. The smallest absolute Gasteiger partial charge is 0.140 e. The van der Waals surface area contributed by atoms with E-state index >= 15 is 0 Å². The first-order valence-corrected chi connectivity index (χ1v) is 6.62. The van der Waals surface area contributed by atoms with Crippen molar-refractivity contribution in [2.75, 3.05) is 5.32 Å². The van der Waals surface area contributed by atoms with Crippen LogP contribution in [0, 0.1) is 6.92 Å². The van der Waals surface area contributed by atoms with E-state index in [0.717, 1.165) is 28.0 Å². The molecule has 4 heteroatoms. The number of anilines is 1. The summed E-state index contributed by atoms with van der Waals surface area (Å²) in [6.07, 6.45) is 1.85. The van der Waals surface area contributed by atoms with Gasteiger partial charge in [0.1, 0.15) is 5.82 Å². The molecule has 0 fully saturated rings. The van der Waals surface area contributed by atoms with Gasteiger partial charge in [-0.25, -0.2) is 4.98 Å². The molecule has 0 spiro atoms. The van der Waals surface area contributed by atoms with Gasteiger partial charge in [0.15, 0.2) is 0 Å². The Bertz CT molecular complexity index is 540. The molecule has 2 rings (SSSR count). The van der Waals surface area contributed by atoms with Crippen LogP contribution in [0.3, 0.4) is 0 Å². The van der Waals surface area contributed by atoms with E-state index in [-0.39, 0.29) is 0 Å². The summed E-state index contributed by atoms with van der Waals surface area (Å²) in [6, 6.07) is 10.3. The van der Waals surface area contributed by atoms with Crippen molar-refractivity contribution in [2.45, 2.75) is 20.0 Å². The van der Waals surface area contributed by atoms with Gasteiger partial charge in [-0.2, -0.15) is 0 Å². The Balaban J connectivity index is 2.06. The molecule has 94 valence electrons. The van der Waals surface area contributed by atoms with Gasteiger partial charge >= 0.3 is 0 Å². The van der Waals surface area contributed by atoms with E-state index in [1.54, 1.807) is 0 Å². The molecule has 0 amide bonds. The fourth-order valence-electron chi connectivity index (χ4n) is 1.72. The van der Waals surface area contributed by atoms with Crippen LogP contribution in [0.25, 0.3) is 0 Å². The van der Waals surface area contributed by atoms with E-state index in [2.05, 4.69) is 38.4 Å². The minimum absolute atomic E-state index is 0.570. The molecule has 2 aromatic rings. The highest BCUT2D eigenvalue weighted by molar-refractivity contribution is 9.10. The lowest BCUT2D eigenvalue weighted by molar-refractivity contribution is 1.04. The third-order valence-corrected chi connectivity index (χ3v) is 3.27. The summed E-state index contributed by atoms with van der Waals surface area (Å²) in [5.74, 6) is 0.860. The predicted octanol–water partition coefficient (Wildman–Crippen LogP) is 3.22. The van der Waals surface area contributed by atoms with Crippen LogP contribution >= 0.6 is 15.9 Å². The Hall–Kier alpha value is -1.39. The van der Waals surface area contributed by atoms with Gasteiger partial charge in [-0.3, -0.25) is 0 Å². The number of halogens is 1. The van der Waals surface area contributed by atoms with Gasteiger partial charge in [0.25, 0.3) is 0 Å². The Morgan fingerprint density at radius 3 is 2.78 bits per heavy atom. The first-order chi connectivity index (χ1) is 8.69. The summed E-state index contributed by atoms with van der Waals surface area (Å²) < 4.78 is 0.984. The molecule has 0 atom stereocenters. The van der Waals surface area contributed by atoms with E-state index in [9.17, 15) is 0 Å². The van der Waals surface area contributed by atoms with Crippen LogP contribution in [0.1, 0.15) is 16.7 Å². The summed E-state index contributed by atoms with van der Waals surface area (Å²) in [6.45, 7) is 3.33. The minimum Gasteiger partial charge on any atom is -0.365 e. The van der Waals surface area contributed by atoms with Crippen LogP contribution in [-0.2, 0) is 13.1 Å². The highest BCUT2D eigenvalue weighted by Gasteiger charge is 2.01. The Kier molecular flexibility index (Phi) is 4.33. The first-order valence-electron chi connectivity index (χ1n) is 5.83. The monoisotopic (exact) mass is 305 g/mol. The van der Waals surface area contributed by atoms with Crippen LogP contribution in [0.2, 0.25) is 0 Å². The maximum absolute atomic E-state index is 5.63. The molecule has 0 bridgehead atoms. The molecule has 0 aliphatic rings. The maximum Gasteiger partial charge on any atom is 0.140 e. The van der Waals surface area contributed by atoms with E-state index in [1.807, 2.05) is 31.3 Å². The lowest BCUT2D eigenvalue weighted by atomic mass is 10.1. The zero-order chi connectivity index (χ0) is 13.0. The number of aromatic nitrogens is 1. The summed E-state index contributed by atoms with van der Waals surface area (Å²) in [7, 11) is 0. The Morgan fingerprint density at radius 1 is 1.28 bits per heavy atom. The van der Waals surface area contributed by atoms with E-state index in [1.165, 1.54) is 5.56 Å². The van der Waals surface area contributed by atoms with Gasteiger partial charge < -0.3 is 11.1 Å². The van der Waals surface area contributed by atoms with Gasteiger partial charge in [0.05, 0.1) is 4.47 Å². The van der Waals surface area contributed by atoms with Crippen LogP contribution < -0.4 is 11.1 Å². The molecule has 3 nitrogen and oxygen atoms in total. The summed E-state index contributed by atoms with van der Waals surface area (Å²) >= 11 is 3.50. The third-order valence-electron chi connectivity index (χ3n) is 2.66. The number of benzene rings is 1. The van der Waals surface area contributed by atoms with Gasteiger partial charge in [0, 0.05) is 19.3 Å². The average Bonchev–Trinajstić information content (AvgIpc) is 2.38. The molecule has 0 unspecified atom stereocenters. The topological polar surface area (TPSA) is 50.9 Å². The molecule has 0 aliphatic carbocycles. The van der Waals surface area contributed by atoms with Gasteiger partial charge in [0.2, 0.25) is 0 Å². The Morgan fingerprint density at radius 2 is 2.06 bits per heavy atom. The van der Waals surface area contributed by atoms with Crippen molar-refractivity contribution in [3.63, 3.8) is 0 Å². The van der Waals surface area contributed by atoms with Gasteiger partial charge in [-0.1, -0.05) is 24.3 Å². The van der Waals surface area contributed by atoms with E-state index in [0.29, 0.717) is 6.54 Å². The summed E-state index contributed by atoms with van der Waals surface area (Å²) in [5.41, 5.74) is 9.11. The van der Waals surface area contributed by atoms with Crippen LogP contribution in [0.15, 0.2) is 41.0 Å². The number of pyridine rings is 1. The number of hydrogen-bond acceptors (Lipinski definition) is 3. The molecule has 1 heterocycles. The predicted molar refractivity (Wildman–Crippen MR) is 78.3 cm³/mol. The lowest BCUT2D eigenvalue weighted by Gasteiger charge is -2.09. The highest BCUT2D eigenvalue weighted by Crippen LogP contribution is 2.21. The molecule has 1 aromatic heterocycles. The van der Waals surface area contributed by atoms with Crippen LogP contribution in [-0.4, -0.2) is 4.98 Å². The zero-order valence-electron chi connectivity index (χ0n) is 10.3. The number of nitrogens with one attached hydrogen (secondary N) is 1. The average molecular weight is 306 g/mol. The van der Waals surface area contributed by atoms with Crippen LogP contribution in [0.5, 0.6) is 0 Å². The van der Waals surface area contributed by atoms with Crippen molar-refractivity contribution >= 4 is 21.7 Å². The molecule has 0 saturated carbocycles. The first kappa shape index (κ1) is 13.1. The highest BCUT2D eigenvalue weighted by atomic mass is 79.9. The fraction of sp³-hybridized carbons (Fsp3) is 0.214. The number of rotatable bonds is 4. The second kappa shape index (κ2) is 5.98. The molecule has 0 aliphatic heterocycles. The second-order valence-corrected chi connectivity index (χ2v) is 5.08. The number of nitrogens with two attached hydrogens (primary N) is 1. The molecule has 1 aromatic carbocycles. The van der Waals surface area contributed by atoms with E-state index < -0.39 is 0 Å². The lowest BCUT2D eigenvalue weighted by Crippen LogP contribution is -2.03. The van der Waals surface area contributed by atoms with Crippen molar-refractivity contribution in [1.82, 2.24) is 4.98 Å². The number of aryl methyl sites for hydroxylation is 1. The van der Waals surface area contributed by atoms with Crippen molar-refractivity contribution < 1.29 is 0 Å². The molecule has 0 saturated heterocycles. The maximum atomic E-state index is 5.63. The summed E-state index contributed by atoms with van der Waals surface area (Å²) in [5, 5.41) is 3.31. The number of nitrogens with zero attached hydrogens (tertiary/aromatic N) is 1. The SMILES string of the molecule is Cc1cnc(NCc2cccc(CN)c2)c(Br)c1. The molecule has 0 radical (unpaired) electrons. The van der Waals surface area contributed by atoms with Gasteiger partial charge in [-0.15, -0.1) is 0 Å². The van der Waals surface area contributed by atoms with Crippen LogP contribution in [0.4, 0.5) is 5.82 Å². The normalized spacial score (nSPS) is 10.4. The number of hydrogen-bond donors (Lipinski definition) is 2. The summed E-state index contributed by atoms with van der Waals surface area (Å²) in [4.78, 5) is 4.35. The largest absolute Gasteiger partial charge is 0.365 e. The molecule has 18 heavy (non-hydrogen) atoms. The molecular weight excluding hydrogens is 290 g/mol. The van der Waals surface area contributed by atoms with Crippen molar-refractivity contribution in [3.05, 3.63) is 57.7 Å². The molecule has 3 N–H and O–H groups in total. The minimum atomic E-state index is 0.570. The van der Waals surface area contributed by atoms with Gasteiger partial charge in [-0.05, 0) is 45.6 Å². The standard InChI is InChI=1S/C14H16BrN3/c1-10-5-13(15)14(17-8-10)18-9-12-4-2-3-11(6-12)7-16/h2-6,8H,7,9,16H2,1H3,(H,17,18). The van der Waals surface area contributed by atoms with E-state index in [4.69, 9.17) is 5.73 Å².